The number of nitrogens with zero attached hydrogens (tertiary/aromatic N) is 1. The lowest BCUT2D eigenvalue weighted by atomic mass is 10.0. The molecule has 2 aromatic rings. The molecule has 0 unspecified atom stereocenters. The quantitative estimate of drug-likeness (QED) is 0.590. The molecule has 0 aliphatic rings. The van der Waals surface area contributed by atoms with Crippen LogP contribution < -0.4 is 0 Å². The molecule has 0 aliphatic heterocycles. The Morgan fingerprint density at radius 3 is 2.53 bits per heavy atom. The number of hydrogen-bond donors (Lipinski definition) is 0. The topological polar surface area (TPSA) is 43.1 Å². The van der Waals surface area contributed by atoms with Gasteiger partial charge in [-0.2, -0.15) is 0 Å². The molecule has 0 atom stereocenters. The number of halogens is 2. The van der Waals surface area contributed by atoms with Gasteiger partial charge in [0.15, 0.2) is 11.6 Å². The Morgan fingerprint density at radius 2 is 1.94 bits per heavy atom. The summed E-state index contributed by atoms with van der Waals surface area (Å²) in [6.45, 7) is 0. The molecule has 85 valence electrons. The van der Waals surface area contributed by atoms with Gasteiger partial charge in [0, 0.05) is 11.6 Å². The normalized spacial score (nSPS) is 10.2. The van der Waals surface area contributed by atoms with Gasteiger partial charge in [-0.15, -0.1) is 0 Å². The Balaban J connectivity index is 2.47. The number of benzene rings is 2. The van der Waals surface area contributed by atoms with E-state index >= 15 is 0 Å². The van der Waals surface area contributed by atoms with E-state index in [1.807, 2.05) is 0 Å². The van der Waals surface area contributed by atoms with E-state index in [1.54, 1.807) is 0 Å². The maximum Gasteiger partial charge on any atom is 0.277 e. The average molecular weight is 234 g/mol. The molecule has 0 aromatic heterocycles. The van der Waals surface area contributed by atoms with E-state index < -0.39 is 16.6 Å². The number of nitro groups is 1. The average Bonchev–Trinajstić information content (AvgIpc) is 2.33. The highest BCUT2D eigenvalue weighted by Crippen LogP contribution is 2.25. The van der Waals surface area contributed by atoms with Crippen molar-refractivity contribution in [2.24, 2.45) is 0 Å². The van der Waals surface area contributed by atoms with Gasteiger partial charge >= 0.3 is 0 Å². The summed E-state index contributed by atoms with van der Waals surface area (Å²) < 4.78 is 26.4. The van der Waals surface area contributed by atoms with Gasteiger partial charge in [-0.1, -0.05) is 12.1 Å². The predicted molar refractivity (Wildman–Crippen MR) is 57.3 cm³/mol. The first-order valence-corrected chi connectivity index (χ1v) is 4.70. The molecule has 5 heteroatoms. The van der Waals surface area contributed by atoms with E-state index in [1.165, 1.54) is 30.3 Å². The van der Waals surface area contributed by atoms with Crippen LogP contribution >= 0.6 is 0 Å². The lowest BCUT2D eigenvalue weighted by molar-refractivity contribution is -0.385. The van der Waals surface area contributed by atoms with Crippen LogP contribution in [0, 0.1) is 27.8 Å². The Bertz CT molecular complexity index is 567. The highest BCUT2D eigenvalue weighted by Gasteiger charge is 2.11. The van der Waals surface area contributed by atoms with Crippen molar-refractivity contribution < 1.29 is 13.7 Å². The summed E-state index contributed by atoms with van der Waals surface area (Å²) in [6.07, 6.45) is 0. The molecule has 17 heavy (non-hydrogen) atoms. The van der Waals surface area contributed by atoms with E-state index in [0.717, 1.165) is 6.07 Å². The summed E-state index contributed by atoms with van der Waals surface area (Å²) in [4.78, 5) is 9.80. The van der Waals surface area contributed by atoms with Crippen LogP contribution in [0.4, 0.5) is 14.5 Å². The maximum absolute atomic E-state index is 13.4. The molecule has 0 aliphatic carbocycles. The molecular weight excluding hydrogens is 228 g/mol. The monoisotopic (exact) mass is 234 g/mol. The minimum Gasteiger partial charge on any atom is -0.258 e. The fourth-order valence-corrected chi connectivity index (χ4v) is 1.42. The number of rotatable bonds is 2. The second-order valence-corrected chi connectivity index (χ2v) is 3.32. The van der Waals surface area contributed by atoms with Gasteiger partial charge in [0.05, 0.1) is 11.0 Å². The Hall–Kier alpha value is -2.30. The first-order chi connectivity index (χ1) is 8.09. The first kappa shape index (κ1) is 11.2. The molecular formula is C12H6F2NO2. The number of hydrogen-bond acceptors (Lipinski definition) is 2. The summed E-state index contributed by atoms with van der Waals surface area (Å²) in [5, 5.41) is 10.4. The van der Waals surface area contributed by atoms with E-state index in [4.69, 9.17) is 0 Å². The molecule has 0 saturated carbocycles. The van der Waals surface area contributed by atoms with Crippen molar-refractivity contribution in [2.45, 2.75) is 0 Å². The van der Waals surface area contributed by atoms with Crippen LogP contribution in [0.2, 0.25) is 0 Å². The second kappa shape index (κ2) is 4.29. The lowest BCUT2D eigenvalue weighted by Crippen LogP contribution is -1.91. The molecule has 3 nitrogen and oxygen atoms in total. The Kier molecular flexibility index (Phi) is 2.82. The summed E-state index contributed by atoms with van der Waals surface area (Å²) >= 11 is 0. The molecule has 1 radical (unpaired) electrons. The van der Waals surface area contributed by atoms with Gasteiger partial charge in [0.25, 0.3) is 5.69 Å². The van der Waals surface area contributed by atoms with Crippen molar-refractivity contribution in [1.82, 2.24) is 0 Å². The van der Waals surface area contributed by atoms with Gasteiger partial charge in [-0.25, -0.2) is 8.78 Å². The van der Waals surface area contributed by atoms with Crippen LogP contribution in [0.3, 0.4) is 0 Å². The minimum atomic E-state index is -0.977. The van der Waals surface area contributed by atoms with E-state index in [0.29, 0.717) is 5.56 Å². The molecule has 0 heterocycles. The summed E-state index contributed by atoms with van der Waals surface area (Å²) in [5.41, 5.74) is 0.175. The summed E-state index contributed by atoms with van der Waals surface area (Å²) in [6, 6.07) is 9.98. The van der Waals surface area contributed by atoms with Crippen molar-refractivity contribution >= 4 is 5.69 Å². The lowest BCUT2D eigenvalue weighted by Gasteiger charge is -2.03. The molecule has 0 bridgehead atoms. The predicted octanol–water partition coefficient (Wildman–Crippen LogP) is 3.34. The fraction of sp³-hybridized carbons (Fsp3) is 0. The van der Waals surface area contributed by atoms with Gasteiger partial charge in [-0.3, -0.25) is 10.1 Å². The fourth-order valence-electron chi connectivity index (χ4n) is 1.42. The van der Waals surface area contributed by atoms with Gasteiger partial charge in [0.2, 0.25) is 0 Å². The molecule has 2 aromatic carbocycles. The molecule has 0 fully saturated rings. The van der Waals surface area contributed by atoms with E-state index in [9.17, 15) is 18.9 Å². The first-order valence-electron chi connectivity index (χ1n) is 4.70. The summed E-state index contributed by atoms with van der Waals surface area (Å²) in [5.74, 6) is -1.93. The standard InChI is InChI=1S/C12H6F2NO2/c13-11-3-1-2-10(12(11)14)8-4-6-9(7-5-8)15(16)17/h1-6H. The molecule has 0 saturated heterocycles. The molecule has 0 amide bonds. The van der Waals surface area contributed by atoms with E-state index in [2.05, 4.69) is 6.07 Å². The van der Waals surface area contributed by atoms with Crippen molar-refractivity contribution in [1.29, 1.82) is 0 Å². The summed E-state index contributed by atoms with van der Waals surface area (Å²) in [7, 11) is 0. The van der Waals surface area contributed by atoms with Gasteiger partial charge in [-0.05, 0) is 23.8 Å². The third kappa shape index (κ3) is 2.13. The second-order valence-electron chi connectivity index (χ2n) is 3.32. The van der Waals surface area contributed by atoms with Crippen LogP contribution in [0.15, 0.2) is 36.4 Å². The zero-order chi connectivity index (χ0) is 12.4. The number of non-ortho nitro benzene ring substituents is 1. The number of nitro benzene ring substituents is 1. The van der Waals surface area contributed by atoms with Crippen molar-refractivity contribution in [3.63, 3.8) is 0 Å². The zero-order valence-corrected chi connectivity index (χ0v) is 8.48. The molecule has 0 spiro atoms. The van der Waals surface area contributed by atoms with Gasteiger partial charge < -0.3 is 0 Å². The zero-order valence-electron chi connectivity index (χ0n) is 8.48. The third-order valence-corrected chi connectivity index (χ3v) is 2.26. The van der Waals surface area contributed by atoms with Crippen molar-refractivity contribution in [3.05, 3.63) is 64.2 Å². The minimum absolute atomic E-state index is 0.0520. The molecule has 2 rings (SSSR count). The Morgan fingerprint density at radius 1 is 1.18 bits per heavy atom. The van der Waals surface area contributed by atoms with Crippen LogP contribution in [0.1, 0.15) is 0 Å². The van der Waals surface area contributed by atoms with Gasteiger partial charge in [0.1, 0.15) is 0 Å². The third-order valence-electron chi connectivity index (χ3n) is 2.26. The smallest absolute Gasteiger partial charge is 0.258 e. The van der Waals surface area contributed by atoms with Crippen LogP contribution in [-0.4, -0.2) is 4.92 Å². The highest BCUT2D eigenvalue weighted by molar-refractivity contribution is 5.65. The Labute approximate surface area is 95.5 Å². The van der Waals surface area contributed by atoms with Crippen LogP contribution in [-0.2, 0) is 0 Å². The largest absolute Gasteiger partial charge is 0.277 e. The molecule has 0 N–H and O–H groups in total. The highest BCUT2D eigenvalue weighted by atomic mass is 19.2. The van der Waals surface area contributed by atoms with Crippen LogP contribution in [0.25, 0.3) is 11.1 Å². The van der Waals surface area contributed by atoms with Crippen molar-refractivity contribution in [3.8, 4) is 11.1 Å². The SMILES string of the molecule is O=[N+]([O-])c1[c]cc(-c2cccc(F)c2F)cc1. The van der Waals surface area contributed by atoms with Crippen LogP contribution in [0.5, 0.6) is 0 Å². The maximum atomic E-state index is 13.4. The van der Waals surface area contributed by atoms with E-state index in [-0.39, 0.29) is 11.3 Å². The van der Waals surface area contributed by atoms with Crippen molar-refractivity contribution in [2.75, 3.05) is 0 Å².